The molecule has 18 heteroatoms. The fourth-order valence-electron chi connectivity index (χ4n) is 5.65. The summed E-state index contributed by atoms with van der Waals surface area (Å²) in [7, 11) is -7.54. The van der Waals surface area contributed by atoms with Gasteiger partial charge in [-0.2, -0.15) is 5.10 Å². The van der Waals surface area contributed by atoms with Gasteiger partial charge in [0.25, 0.3) is 10.0 Å². The molecule has 0 bridgehead atoms. The van der Waals surface area contributed by atoms with Crippen molar-refractivity contribution in [2.45, 2.75) is 68.7 Å². The third-order valence-corrected chi connectivity index (χ3v) is 10.8. The van der Waals surface area contributed by atoms with Crippen LogP contribution in [0.1, 0.15) is 46.5 Å². The smallest absolute Gasteiger partial charge is 0.332 e. The molecule has 57 heavy (non-hydrogen) atoms. The summed E-state index contributed by atoms with van der Waals surface area (Å²) in [5, 5.41) is 5.15. The van der Waals surface area contributed by atoms with Crippen molar-refractivity contribution in [2.24, 2.45) is 0 Å². The van der Waals surface area contributed by atoms with E-state index in [4.69, 9.17) is 28.8 Å². The third-order valence-electron chi connectivity index (χ3n) is 8.25. The standard InChI is InChI=1S/C39H50N6O10S2/c1-39(2,3)55-35(46)29-54-25-24-53-23-22-52-21-20-51-19-11-6-5-10-17-44-28-33(34-14-16-40-38(42-34)56(4,47)48)36(43-44)31-26-30-15-18-45(37(30)41-27-31)57(49,50)32-12-8-7-9-13-32/h7-9,12-16,18,26-28H,5-6,10-11,17,19-25,29H2,1-4H3. The normalized spacial score (nSPS) is 12.4. The van der Waals surface area contributed by atoms with Gasteiger partial charge in [-0.1, -0.05) is 31.0 Å². The summed E-state index contributed by atoms with van der Waals surface area (Å²) in [4.78, 5) is 24.6. The van der Waals surface area contributed by atoms with Crippen LogP contribution in [0.2, 0.25) is 0 Å². The zero-order chi connectivity index (χ0) is 40.9. The van der Waals surface area contributed by atoms with Gasteiger partial charge in [0.15, 0.2) is 5.65 Å². The van der Waals surface area contributed by atoms with E-state index >= 15 is 0 Å². The van der Waals surface area contributed by atoms with Crippen LogP contribution < -0.4 is 0 Å². The molecule has 0 aliphatic carbocycles. The predicted octanol–water partition coefficient (Wildman–Crippen LogP) is 4.97. The first-order chi connectivity index (χ1) is 27.2. The highest BCUT2D eigenvalue weighted by Crippen LogP contribution is 2.32. The van der Waals surface area contributed by atoms with Crippen LogP contribution >= 0.6 is 0 Å². The van der Waals surface area contributed by atoms with Crippen molar-refractivity contribution in [1.82, 2.24) is 28.7 Å². The van der Waals surface area contributed by atoms with Crippen molar-refractivity contribution in [2.75, 3.05) is 59.1 Å². The predicted molar refractivity (Wildman–Crippen MR) is 212 cm³/mol. The lowest BCUT2D eigenvalue weighted by Crippen LogP contribution is -2.27. The van der Waals surface area contributed by atoms with Crippen molar-refractivity contribution in [1.29, 1.82) is 0 Å². The summed E-state index contributed by atoms with van der Waals surface area (Å²) in [6, 6.07) is 13.3. The van der Waals surface area contributed by atoms with E-state index in [1.165, 1.54) is 24.5 Å². The van der Waals surface area contributed by atoms with Crippen LogP contribution in [0.3, 0.4) is 0 Å². The van der Waals surface area contributed by atoms with Crippen LogP contribution in [0.5, 0.6) is 0 Å². The number of aryl methyl sites for hydroxylation is 1. The van der Waals surface area contributed by atoms with Gasteiger partial charge in [-0.05, 0) is 63.9 Å². The molecule has 0 radical (unpaired) electrons. The second-order valence-electron chi connectivity index (χ2n) is 14.1. The number of carbonyl (C=O) groups is 1. The van der Waals surface area contributed by atoms with Gasteiger partial charge in [-0.3, -0.25) is 4.68 Å². The molecule has 0 N–H and O–H groups in total. The largest absolute Gasteiger partial charge is 0.458 e. The van der Waals surface area contributed by atoms with Gasteiger partial charge < -0.3 is 23.7 Å². The summed E-state index contributed by atoms with van der Waals surface area (Å²) in [5.41, 5.74) is 1.83. The zero-order valence-electron chi connectivity index (χ0n) is 32.7. The Morgan fingerprint density at radius 1 is 0.789 bits per heavy atom. The summed E-state index contributed by atoms with van der Waals surface area (Å²) in [5.74, 6) is -0.405. The maximum absolute atomic E-state index is 13.4. The molecule has 0 amide bonds. The van der Waals surface area contributed by atoms with Crippen LogP contribution in [0, 0.1) is 0 Å². The highest BCUT2D eigenvalue weighted by molar-refractivity contribution is 7.90. The molecule has 16 nitrogen and oxygen atoms in total. The van der Waals surface area contributed by atoms with Gasteiger partial charge in [-0.25, -0.2) is 40.6 Å². The zero-order valence-corrected chi connectivity index (χ0v) is 34.3. The SMILES string of the molecule is CC(C)(C)OC(=O)COCCOCCOCCOCCCCCCn1cc(-c2ccnc(S(C)(=O)=O)n2)c(-c2cnc3c(ccn3S(=O)(=O)c3ccccc3)c2)n1. The quantitative estimate of drug-likeness (QED) is 0.0487. The second-order valence-corrected chi connectivity index (χ2v) is 17.8. The van der Waals surface area contributed by atoms with E-state index in [1.54, 1.807) is 62.0 Å². The van der Waals surface area contributed by atoms with E-state index in [0.717, 1.165) is 35.9 Å². The molecule has 0 aliphatic heterocycles. The minimum atomic E-state index is -3.87. The molecule has 4 heterocycles. The molecule has 5 rings (SSSR count). The monoisotopic (exact) mass is 826 g/mol. The summed E-state index contributed by atoms with van der Waals surface area (Å²) in [6.07, 6.45) is 10.9. The van der Waals surface area contributed by atoms with Crippen LogP contribution in [0.4, 0.5) is 0 Å². The molecule has 0 fully saturated rings. The van der Waals surface area contributed by atoms with Gasteiger partial charge in [0.05, 0.1) is 50.2 Å². The van der Waals surface area contributed by atoms with Crippen molar-refractivity contribution in [3.63, 3.8) is 0 Å². The van der Waals surface area contributed by atoms with Crippen molar-refractivity contribution in [3.8, 4) is 22.5 Å². The van der Waals surface area contributed by atoms with Gasteiger partial charge in [-0.15, -0.1) is 0 Å². The average Bonchev–Trinajstić information content (AvgIpc) is 3.80. The molecule has 308 valence electrons. The molecular weight excluding hydrogens is 777 g/mol. The molecule has 0 aliphatic rings. The Morgan fingerprint density at radius 3 is 2.14 bits per heavy atom. The van der Waals surface area contributed by atoms with Gasteiger partial charge in [0, 0.05) is 60.7 Å². The fourth-order valence-corrected chi connectivity index (χ4v) is 7.50. The Balaban J connectivity index is 1.08. The van der Waals surface area contributed by atoms with Gasteiger partial charge in [0.2, 0.25) is 15.0 Å². The first-order valence-corrected chi connectivity index (χ1v) is 22.0. The number of sulfone groups is 1. The number of aromatic nitrogens is 6. The van der Waals surface area contributed by atoms with Crippen LogP contribution in [-0.2, 0) is 54.9 Å². The molecule has 0 spiro atoms. The number of benzene rings is 1. The van der Waals surface area contributed by atoms with E-state index in [-0.39, 0.29) is 22.3 Å². The third kappa shape index (κ3) is 13.0. The van der Waals surface area contributed by atoms with Gasteiger partial charge >= 0.3 is 5.97 Å². The summed E-state index contributed by atoms with van der Waals surface area (Å²) in [6.45, 7) is 8.96. The lowest BCUT2D eigenvalue weighted by molar-refractivity contribution is -0.160. The van der Waals surface area contributed by atoms with Crippen LogP contribution in [-0.4, -0.2) is 116 Å². The topological polar surface area (TPSA) is 193 Å². The number of pyridine rings is 1. The van der Waals surface area contributed by atoms with E-state index in [1.807, 2.05) is 12.3 Å². The number of fused-ring (bicyclic) bond motifs is 1. The maximum Gasteiger partial charge on any atom is 0.332 e. The second kappa shape index (κ2) is 20.2. The highest BCUT2D eigenvalue weighted by atomic mass is 32.2. The molecule has 1 aromatic carbocycles. The lowest BCUT2D eigenvalue weighted by atomic mass is 10.1. The molecule has 0 saturated heterocycles. The minimum Gasteiger partial charge on any atom is -0.458 e. The highest BCUT2D eigenvalue weighted by Gasteiger charge is 2.22. The van der Waals surface area contributed by atoms with E-state index in [9.17, 15) is 21.6 Å². The van der Waals surface area contributed by atoms with Crippen molar-refractivity contribution < 1.29 is 45.3 Å². The van der Waals surface area contributed by atoms with Crippen LogP contribution in [0.15, 0.2) is 83.4 Å². The fraction of sp³-hybridized carbons (Fsp3) is 0.462. The van der Waals surface area contributed by atoms with Crippen molar-refractivity contribution in [3.05, 3.63) is 73.3 Å². The molecular formula is C39H50N6O10S2. The minimum absolute atomic E-state index is 0.107. The number of esters is 1. The molecule has 5 aromatic rings. The molecule has 0 atom stereocenters. The Morgan fingerprint density at radius 2 is 1.46 bits per heavy atom. The Hall–Kier alpha value is -4.59. The lowest BCUT2D eigenvalue weighted by Gasteiger charge is -2.19. The summed E-state index contributed by atoms with van der Waals surface area (Å²) < 4.78 is 81.3. The number of ether oxygens (including phenoxy) is 5. The number of carbonyl (C=O) groups excluding carboxylic acids is 1. The Kier molecular flexibility index (Phi) is 15.4. The summed E-state index contributed by atoms with van der Waals surface area (Å²) >= 11 is 0. The first kappa shape index (κ1) is 43.5. The molecule has 0 unspecified atom stereocenters. The first-order valence-electron chi connectivity index (χ1n) is 18.6. The number of unbranched alkanes of at least 4 members (excludes halogenated alkanes) is 3. The number of hydrogen-bond donors (Lipinski definition) is 0. The number of nitrogens with zero attached hydrogens (tertiary/aromatic N) is 6. The van der Waals surface area contributed by atoms with E-state index < -0.39 is 31.4 Å². The van der Waals surface area contributed by atoms with Crippen molar-refractivity contribution >= 4 is 36.9 Å². The Bertz CT molecular complexity index is 2290. The molecule has 0 saturated carbocycles. The maximum atomic E-state index is 13.4. The van der Waals surface area contributed by atoms with Gasteiger partial charge in [0.1, 0.15) is 17.9 Å². The number of rotatable bonds is 23. The number of hydrogen-bond acceptors (Lipinski definition) is 14. The van der Waals surface area contributed by atoms with E-state index in [2.05, 4.69) is 15.0 Å². The average molecular weight is 827 g/mol. The molecule has 4 aromatic heterocycles. The Labute approximate surface area is 333 Å². The van der Waals surface area contributed by atoms with Crippen LogP contribution in [0.25, 0.3) is 33.5 Å². The van der Waals surface area contributed by atoms with E-state index in [0.29, 0.717) is 80.7 Å².